The number of nitrogens with zero attached hydrogens (tertiary/aromatic N) is 4. The number of aliphatic imine (C=N–C) groups is 1. The SMILES string of the molecule is CCNC(=NCCSCc1ccc(C)cc1)NCCn1cnnc1CC. The molecule has 2 aromatic rings. The van der Waals surface area contributed by atoms with Crippen molar-refractivity contribution in [2.45, 2.75) is 39.5 Å². The van der Waals surface area contributed by atoms with Gasteiger partial charge in [-0.15, -0.1) is 10.2 Å². The first-order valence-corrected chi connectivity index (χ1v) is 10.4. The van der Waals surface area contributed by atoms with Crippen molar-refractivity contribution in [3.63, 3.8) is 0 Å². The van der Waals surface area contributed by atoms with Crippen LogP contribution in [0.3, 0.4) is 0 Å². The van der Waals surface area contributed by atoms with Crippen LogP contribution >= 0.6 is 11.8 Å². The van der Waals surface area contributed by atoms with E-state index in [-0.39, 0.29) is 0 Å². The Morgan fingerprint density at radius 1 is 1.19 bits per heavy atom. The number of hydrogen-bond donors (Lipinski definition) is 2. The summed E-state index contributed by atoms with van der Waals surface area (Å²) in [5, 5.41) is 14.7. The summed E-state index contributed by atoms with van der Waals surface area (Å²) in [5.41, 5.74) is 2.68. The van der Waals surface area contributed by atoms with Gasteiger partial charge in [0.05, 0.1) is 6.54 Å². The fourth-order valence-electron chi connectivity index (χ4n) is 2.47. The molecule has 0 amide bonds. The highest BCUT2D eigenvalue weighted by molar-refractivity contribution is 7.98. The Kier molecular flexibility index (Phi) is 9.03. The van der Waals surface area contributed by atoms with Crippen molar-refractivity contribution >= 4 is 17.7 Å². The lowest BCUT2D eigenvalue weighted by molar-refractivity contribution is 0.633. The van der Waals surface area contributed by atoms with Crippen molar-refractivity contribution in [1.82, 2.24) is 25.4 Å². The Bertz CT molecular complexity index is 665. The number of hydrogen-bond acceptors (Lipinski definition) is 4. The summed E-state index contributed by atoms with van der Waals surface area (Å²) in [7, 11) is 0. The quantitative estimate of drug-likeness (QED) is 0.380. The number of nitrogens with one attached hydrogen (secondary N) is 2. The molecule has 7 heteroatoms. The van der Waals surface area contributed by atoms with Gasteiger partial charge in [-0.2, -0.15) is 11.8 Å². The van der Waals surface area contributed by atoms with E-state index < -0.39 is 0 Å². The van der Waals surface area contributed by atoms with Gasteiger partial charge in [0.1, 0.15) is 12.2 Å². The van der Waals surface area contributed by atoms with E-state index in [9.17, 15) is 0 Å². The van der Waals surface area contributed by atoms with E-state index in [1.54, 1.807) is 6.33 Å². The number of thioether (sulfide) groups is 1. The first kappa shape index (κ1) is 20.3. The fraction of sp³-hybridized carbons (Fsp3) is 0.526. The molecule has 2 rings (SSSR count). The van der Waals surface area contributed by atoms with Gasteiger partial charge >= 0.3 is 0 Å². The molecule has 0 aliphatic carbocycles. The zero-order valence-electron chi connectivity index (χ0n) is 16.0. The van der Waals surface area contributed by atoms with Gasteiger partial charge < -0.3 is 15.2 Å². The van der Waals surface area contributed by atoms with E-state index >= 15 is 0 Å². The minimum Gasteiger partial charge on any atom is -0.357 e. The van der Waals surface area contributed by atoms with Crippen LogP contribution in [0.15, 0.2) is 35.6 Å². The summed E-state index contributed by atoms with van der Waals surface area (Å²) in [6.45, 7) is 9.59. The number of aromatic nitrogens is 3. The number of aryl methyl sites for hydroxylation is 2. The first-order valence-electron chi connectivity index (χ1n) is 9.25. The Morgan fingerprint density at radius 2 is 2.00 bits per heavy atom. The summed E-state index contributed by atoms with van der Waals surface area (Å²) in [4.78, 5) is 4.65. The Balaban J connectivity index is 1.69. The van der Waals surface area contributed by atoms with Crippen LogP contribution < -0.4 is 10.6 Å². The molecular weight excluding hydrogens is 344 g/mol. The van der Waals surface area contributed by atoms with E-state index in [0.717, 1.165) is 55.9 Å². The highest BCUT2D eigenvalue weighted by atomic mass is 32.2. The number of guanidine groups is 1. The van der Waals surface area contributed by atoms with Crippen molar-refractivity contribution in [2.75, 3.05) is 25.4 Å². The van der Waals surface area contributed by atoms with E-state index in [1.165, 1.54) is 11.1 Å². The normalized spacial score (nSPS) is 11.6. The van der Waals surface area contributed by atoms with Gasteiger partial charge in [0.2, 0.25) is 0 Å². The monoisotopic (exact) mass is 374 g/mol. The number of rotatable bonds is 10. The van der Waals surface area contributed by atoms with Gasteiger partial charge in [0, 0.05) is 37.6 Å². The maximum atomic E-state index is 4.65. The van der Waals surface area contributed by atoms with E-state index in [4.69, 9.17) is 0 Å². The minimum atomic E-state index is 0.799. The maximum Gasteiger partial charge on any atom is 0.191 e. The zero-order valence-corrected chi connectivity index (χ0v) is 16.9. The minimum absolute atomic E-state index is 0.799. The molecule has 1 aromatic carbocycles. The van der Waals surface area contributed by atoms with Crippen LogP contribution in [0.1, 0.15) is 30.8 Å². The second-order valence-electron chi connectivity index (χ2n) is 6.02. The molecular formula is C19H30N6S. The molecule has 1 heterocycles. The van der Waals surface area contributed by atoms with Crippen LogP contribution in [0, 0.1) is 6.92 Å². The molecule has 142 valence electrons. The van der Waals surface area contributed by atoms with Crippen LogP contribution in [0.4, 0.5) is 0 Å². The van der Waals surface area contributed by atoms with Crippen molar-refractivity contribution in [3.8, 4) is 0 Å². The van der Waals surface area contributed by atoms with Crippen molar-refractivity contribution in [3.05, 3.63) is 47.5 Å². The second kappa shape index (κ2) is 11.6. The highest BCUT2D eigenvalue weighted by Gasteiger charge is 2.02. The molecule has 0 atom stereocenters. The van der Waals surface area contributed by atoms with Crippen LogP contribution in [0.25, 0.3) is 0 Å². The maximum absolute atomic E-state index is 4.65. The molecule has 0 saturated carbocycles. The molecule has 26 heavy (non-hydrogen) atoms. The van der Waals surface area contributed by atoms with Gasteiger partial charge in [-0.25, -0.2) is 0 Å². The molecule has 1 aromatic heterocycles. The Hall–Kier alpha value is -2.02. The molecule has 0 aliphatic heterocycles. The average Bonchev–Trinajstić information content (AvgIpc) is 3.10. The standard InChI is InChI=1S/C19H30N6S/c1-4-18-24-23-15-25(18)12-10-21-19(20-5-2)22-11-13-26-14-17-8-6-16(3)7-9-17/h6-9,15H,4-5,10-14H2,1-3H3,(H2,20,21,22). The summed E-state index contributed by atoms with van der Waals surface area (Å²) in [6.07, 6.45) is 2.68. The lowest BCUT2D eigenvalue weighted by atomic mass is 10.2. The predicted molar refractivity (Wildman–Crippen MR) is 111 cm³/mol. The first-order chi connectivity index (χ1) is 12.7. The average molecular weight is 375 g/mol. The van der Waals surface area contributed by atoms with Gasteiger partial charge in [-0.3, -0.25) is 4.99 Å². The summed E-state index contributed by atoms with van der Waals surface area (Å²) < 4.78 is 2.08. The molecule has 2 N–H and O–H groups in total. The van der Waals surface area contributed by atoms with Gasteiger partial charge in [0.15, 0.2) is 5.96 Å². The van der Waals surface area contributed by atoms with E-state index in [1.807, 2.05) is 11.8 Å². The van der Waals surface area contributed by atoms with Gasteiger partial charge in [0.25, 0.3) is 0 Å². The Morgan fingerprint density at radius 3 is 2.73 bits per heavy atom. The molecule has 0 unspecified atom stereocenters. The molecule has 0 aliphatic rings. The third-order valence-corrected chi connectivity index (χ3v) is 4.90. The van der Waals surface area contributed by atoms with Crippen molar-refractivity contribution < 1.29 is 0 Å². The van der Waals surface area contributed by atoms with Crippen molar-refractivity contribution in [2.24, 2.45) is 4.99 Å². The molecule has 0 saturated heterocycles. The third kappa shape index (κ3) is 7.07. The van der Waals surface area contributed by atoms with Crippen LogP contribution in [-0.2, 0) is 18.7 Å². The topological polar surface area (TPSA) is 67.1 Å². The van der Waals surface area contributed by atoms with Gasteiger partial charge in [-0.05, 0) is 19.4 Å². The molecule has 0 fully saturated rings. The zero-order chi connectivity index (χ0) is 18.6. The lowest BCUT2D eigenvalue weighted by Gasteiger charge is -2.12. The van der Waals surface area contributed by atoms with Crippen LogP contribution in [0.5, 0.6) is 0 Å². The molecule has 6 nitrogen and oxygen atoms in total. The van der Waals surface area contributed by atoms with Gasteiger partial charge in [-0.1, -0.05) is 36.8 Å². The summed E-state index contributed by atoms with van der Waals surface area (Å²) in [6, 6.07) is 8.74. The Labute approximate surface area is 160 Å². The smallest absolute Gasteiger partial charge is 0.191 e. The summed E-state index contributed by atoms with van der Waals surface area (Å²) >= 11 is 1.92. The third-order valence-electron chi connectivity index (χ3n) is 3.90. The fourth-order valence-corrected chi connectivity index (χ4v) is 3.27. The molecule has 0 spiro atoms. The number of benzene rings is 1. The van der Waals surface area contributed by atoms with Crippen LogP contribution in [-0.4, -0.2) is 46.1 Å². The largest absolute Gasteiger partial charge is 0.357 e. The predicted octanol–water partition coefficient (Wildman–Crippen LogP) is 2.64. The van der Waals surface area contributed by atoms with Crippen molar-refractivity contribution in [1.29, 1.82) is 0 Å². The second-order valence-corrected chi connectivity index (χ2v) is 7.12. The van der Waals surface area contributed by atoms with E-state index in [0.29, 0.717) is 0 Å². The summed E-state index contributed by atoms with van der Waals surface area (Å²) in [5.74, 6) is 3.93. The van der Waals surface area contributed by atoms with Crippen LogP contribution in [0.2, 0.25) is 0 Å². The lowest BCUT2D eigenvalue weighted by Crippen LogP contribution is -2.39. The molecule has 0 radical (unpaired) electrons. The molecule has 0 bridgehead atoms. The van der Waals surface area contributed by atoms with E-state index in [2.05, 4.69) is 75.4 Å². The highest BCUT2D eigenvalue weighted by Crippen LogP contribution is 2.12.